The van der Waals surface area contributed by atoms with Gasteiger partial charge in [0.1, 0.15) is 0 Å². The molecular formula is C23H28N6O2. The molecule has 0 saturated carbocycles. The zero-order valence-electron chi connectivity index (χ0n) is 18.9. The van der Waals surface area contributed by atoms with Gasteiger partial charge in [-0.25, -0.2) is 14.6 Å². The van der Waals surface area contributed by atoms with Gasteiger partial charge in [0.25, 0.3) is 11.9 Å². The Balaban J connectivity index is 1.74. The molecule has 0 saturated heterocycles. The number of nitrogens with zero attached hydrogens (tertiary/aromatic N) is 5. The molecule has 1 aromatic carbocycles. The minimum absolute atomic E-state index is 0.0116. The molecule has 0 spiro atoms. The highest BCUT2D eigenvalue weighted by Gasteiger charge is 2.19. The van der Waals surface area contributed by atoms with Crippen LogP contribution in [0.15, 0.2) is 30.3 Å². The number of nitrogens with one attached hydrogen (secondary N) is 1. The number of aromatic nitrogens is 4. The summed E-state index contributed by atoms with van der Waals surface area (Å²) in [5, 5.41) is 7.17. The Morgan fingerprint density at radius 1 is 1.03 bits per heavy atom. The summed E-state index contributed by atoms with van der Waals surface area (Å²) < 4.78 is 1.70. The molecule has 2 heterocycles. The highest BCUT2D eigenvalue weighted by Crippen LogP contribution is 2.18. The Morgan fingerprint density at radius 3 is 2.23 bits per heavy atom. The summed E-state index contributed by atoms with van der Waals surface area (Å²) in [6.45, 7) is 8.13. The third-order valence-electron chi connectivity index (χ3n) is 5.22. The fraction of sp³-hybridized carbons (Fsp3) is 0.348. The molecule has 0 bridgehead atoms. The molecule has 0 aliphatic rings. The topological polar surface area (TPSA) is 93.0 Å². The van der Waals surface area contributed by atoms with E-state index in [1.54, 1.807) is 35.8 Å². The molecule has 3 aromatic rings. The van der Waals surface area contributed by atoms with E-state index in [2.05, 4.69) is 20.4 Å². The van der Waals surface area contributed by atoms with Crippen molar-refractivity contribution < 1.29 is 9.59 Å². The molecule has 0 radical (unpaired) electrons. The van der Waals surface area contributed by atoms with Gasteiger partial charge in [-0.15, -0.1) is 0 Å². The predicted octanol–water partition coefficient (Wildman–Crippen LogP) is 2.46. The number of hydrogen-bond acceptors (Lipinski definition) is 5. The van der Waals surface area contributed by atoms with E-state index in [0.29, 0.717) is 18.1 Å². The summed E-state index contributed by atoms with van der Waals surface area (Å²) in [6, 6.07) is 9.15. The van der Waals surface area contributed by atoms with Crippen molar-refractivity contribution >= 4 is 11.8 Å². The van der Waals surface area contributed by atoms with Crippen LogP contribution in [0, 0.1) is 27.7 Å². The van der Waals surface area contributed by atoms with Gasteiger partial charge in [0.05, 0.1) is 12.1 Å². The Hall–Kier alpha value is -3.55. The molecular weight excluding hydrogens is 392 g/mol. The smallest absolute Gasteiger partial charge is 0.251 e. The summed E-state index contributed by atoms with van der Waals surface area (Å²) >= 11 is 0. The van der Waals surface area contributed by atoms with Gasteiger partial charge in [-0.1, -0.05) is 12.1 Å². The van der Waals surface area contributed by atoms with Crippen LogP contribution in [0.3, 0.4) is 0 Å². The van der Waals surface area contributed by atoms with Crippen LogP contribution in [0.1, 0.15) is 44.3 Å². The first-order chi connectivity index (χ1) is 14.7. The molecule has 2 aromatic heterocycles. The number of rotatable bonds is 6. The maximum Gasteiger partial charge on any atom is 0.251 e. The van der Waals surface area contributed by atoms with Gasteiger partial charge >= 0.3 is 0 Å². The number of aryl methyl sites for hydroxylation is 3. The van der Waals surface area contributed by atoms with Crippen LogP contribution in [0.2, 0.25) is 0 Å². The lowest BCUT2D eigenvalue weighted by Crippen LogP contribution is -2.28. The van der Waals surface area contributed by atoms with E-state index in [1.807, 2.05) is 45.9 Å². The van der Waals surface area contributed by atoms with Crippen LogP contribution in [-0.2, 0) is 17.8 Å². The highest BCUT2D eigenvalue weighted by atomic mass is 16.2. The highest BCUT2D eigenvalue weighted by molar-refractivity contribution is 5.93. The monoisotopic (exact) mass is 420 g/mol. The molecule has 0 aliphatic heterocycles. The average Bonchev–Trinajstić information content (AvgIpc) is 3.01. The Kier molecular flexibility index (Phi) is 6.48. The summed E-state index contributed by atoms with van der Waals surface area (Å²) in [6.07, 6.45) is 0.245. The van der Waals surface area contributed by atoms with E-state index < -0.39 is 0 Å². The third kappa shape index (κ3) is 4.96. The van der Waals surface area contributed by atoms with Crippen LogP contribution < -0.4 is 5.32 Å². The van der Waals surface area contributed by atoms with Crippen LogP contribution in [0.5, 0.6) is 0 Å². The van der Waals surface area contributed by atoms with Crippen molar-refractivity contribution in [1.82, 2.24) is 30.0 Å². The molecule has 8 heteroatoms. The lowest BCUT2D eigenvalue weighted by Gasteiger charge is -2.18. The molecule has 0 unspecified atom stereocenters. The number of benzene rings is 1. The third-order valence-corrected chi connectivity index (χ3v) is 5.22. The lowest BCUT2D eigenvalue weighted by atomic mass is 10.1. The Bertz CT molecular complexity index is 1100. The summed E-state index contributed by atoms with van der Waals surface area (Å²) in [4.78, 5) is 35.2. The minimum atomic E-state index is -0.133. The SMILES string of the molecule is CNC(=O)c1ccc(CN(C)C(=O)Cc2c(C)nn(-c3nc(C)cc(C)n3)c2C)cc1. The average molecular weight is 421 g/mol. The van der Waals surface area contributed by atoms with Gasteiger partial charge < -0.3 is 10.2 Å². The van der Waals surface area contributed by atoms with E-state index >= 15 is 0 Å². The summed E-state index contributed by atoms with van der Waals surface area (Å²) in [5.74, 6) is 0.371. The molecule has 0 aliphatic carbocycles. The first-order valence-corrected chi connectivity index (χ1v) is 10.1. The van der Waals surface area contributed by atoms with Crippen molar-refractivity contribution in [1.29, 1.82) is 0 Å². The van der Waals surface area contributed by atoms with E-state index in [9.17, 15) is 9.59 Å². The Labute approximate surface area is 182 Å². The first-order valence-electron chi connectivity index (χ1n) is 10.1. The lowest BCUT2D eigenvalue weighted by molar-refractivity contribution is -0.129. The van der Waals surface area contributed by atoms with Gasteiger partial charge in [-0.05, 0) is 51.5 Å². The van der Waals surface area contributed by atoms with Crippen molar-refractivity contribution in [3.63, 3.8) is 0 Å². The van der Waals surface area contributed by atoms with Crippen molar-refractivity contribution in [2.24, 2.45) is 0 Å². The minimum Gasteiger partial charge on any atom is -0.355 e. The molecule has 0 fully saturated rings. The number of carbonyl (C=O) groups excluding carboxylic acids is 2. The zero-order chi connectivity index (χ0) is 22.7. The van der Waals surface area contributed by atoms with E-state index in [-0.39, 0.29) is 18.2 Å². The molecule has 1 N–H and O–H groups in total. The van der Waals surface area contributed by atoms with E-state index in [0.717, 1.165) is 33.9 Å². The van der Waals surface area contributed by atoms with Gasteiger partial charge in [0, 0.05) is 48.8 Å². The zero-order valence-corrected chi connectivity index (χ0v) is 18.9. The largest absolute Gasteiger partial charge is 0.355 e. The molecule has 8 nitrogen and oxygen atoms in total. The second kappa shape index (κ2) is 9.07. The maximum absolute atomic E-state index is 12.9. The first kappa shape index (κ1) is 22.1. The summed E-state index contributed by atoms with van der Waals surface area (Å²) in [5.41, 5.74) is 5.82. The van der Waals surface area contributed by atoms with Crippen LogP contribution in [-0.4, -0.2) is 50.6 Å². The second-order valence-electron chi connectivity index (χ2n) is 7.71. The quantitative estimate of drug-likeness (QED) is 0.661. The Morgan fingerprint density at radius 2 is 1.65 bits per heavy atom. The normalized spacial score (nSPS) is 10.8. The second-order valence-corrected chi connectivity index (χ2v) is 7.71. The van der Waals surface area contributed by atoms with Gasteiger partial charge in [0.15, 0.2) is 0 Å². The van der Waals surface area contributed by atoms with Crippen LogP contribution in [0.4, 0.5) is 0 Å². The van der Waals surface area contributed by atoms with Gasteiger partial charge in [-0.3, -0.25) is 9.59 Å². The number of carbonyl (C=O) groups is 2. The van der Waals surface area contributed by atoms with Crippen molar-refractivity contribution in [2.45, 2.75) is 40.7 Å². The van der Waals surface area contributed by atoms with Crippen LogP contribution >= 0.6 is 0 Å². The number of likely N-dealkylation sites (N-methyl/N-ethyl adjacent to an activating group) is 1. The van der Waals surface area contributed by atoms with Crippen molar-refractivity contribution in [2.75, 3.05) is 14.1 Å². The van der Waals surface area contributed by atoms with Gasteiger partial charge in [-0.2, -0.15) is 5.10 Å². The number of hydrogen-bond donors (Lipinski definition) is 1. The summed E-state index contributed by atoms with van der Waals surface area (Å²) in [7, 11) is 3.37. The molecule has 31 heavy (non-hydrogen) atoms. The standard InChI is InChI=1S/C23H28N6O2/c1-14-11-15(2)26-23(25-14)29-17(4)20(16(3)27-29)12-21(30)28(6)13-18-7-9-19(10-8-18)22(31)24-5/h7-11H,12-13H2,1-6H3,(H,24,31). The fourth-order valence-electron chi connectivity index (χ4n) is 3.48. The fourth-order valence-corrected chi connectivity index (χ4v) is 3.48. The maximum atomic E-state index is 12.9. The van der Waals surface area contributed by atoms with Gasteiger partial charge in [0.2, 0.25) is 5.91 Å². The molecule has 162 valence electrons. The van der Waals surface area contributed by atoms with Crippen molar-refractivity contribution in [3.05, 3.63) is 69.8 Å². The van der Waals surface area contributed by atoms with E-state index in [1.165, 1.54) is 0 Å². The predicted molar refractivity (Wildman–Crippen MR) is 118 cm³/mol. The number of amides is 2. The molecule has 0 atom stereocenters. The van der Waals surface area contributed by atoms with Crippen LogP contribution in [0.25, 0.3) is 5.95 Å². The van der Waals surface area contributed by atoms with Crippen molar-refractivity contribution in [3.8, 4) is 5.95 Å². The molecule has 3 rings (SSSR count). The van der Waals surface area contributed by atoms with E-state index in [4.69, 9.17) is 0 Å². The molecule has 2 amide bonds.